The van der Waals surface area contributed by atoms with E-state index in [4.69, 9.17) is 5.11 Å². The fourth-order valence-corrected chi connectivity index (χ4v) is 3.41. The molecule has 0 aromatic carbocycles. The van der Waals surface area contributed by atoms with Gasteiger partial charge in [0.05, 0.1) is 6.20 Å². The highest BCUT2D eigenvalue weighted by atomic mass is 32.2. The predicted molar refractivity (Wildman–Crippen MR) is 78.2 cm³/mol. The van der Waals surface area contributed by atoms with Crippen LogP contribution in [0, 0.1) is 0 Å². The van der Waals surface area contributed by atoms with Gasteiger partial charge < -0.3 is 5.11 Å². The van der Waals surface area contributed by atoms with E-state index in [-0.39, 0.29) is 11.4 Å². The SMILES string of the molecule is Cn1cc(S(=O)(=O)NCc2cc(C=CC(=O)O)cs2)cn1. The molecule has 0 aliphatic rings. The molecule has 7 nitrogen and oxygen atoms in total. The van der Waals surface area contributed by atoms with Crippen LogP contribution in [-0.2, 0) is 28.4 Å². The number of thiophene rings is 1. The number of hydrogen-bond donors (Lipinski definition) is 2. The van der Waals surface area contributed by atoms with Gasteiger partial charge in [-0.25, -0.2) is 17.9 Å². The maximum Gasteiger partial charge on any atom is 0.328 e. The number of aryl methyl sites for hydroxylation is 1. The van der Waals surface area contributed by atoms with E-state index in [1.807, 2.05) is 0 Å². The third kappa shape index (κ3) is 4.25. The fourth-order valence-electron chi connectivity index (χ4n) is 1.53. The van der Waals surface area contributed by atoms with E-state index in [1.165, 1.54) is 34.5 Å². The maximum absolute atomic E-state index is 12.0. The Bertz CT molecular complexity index is 774. The van der Waals surface area contributed by atoms with Gasteiger partial charge in [-0.3, -0.25) is 4.68 Å². The molecule has 0 fully saturated rings. The highest BCUT2D eigenvalue weighted by Gasteiger charge is 2.15. The lowest BCUT2D eigenvalue weighted by Crippen LogP contribution is -2.22. The Morgan fingerprint density at radius 2 is 2.33 bits per heavy atom. The van der Waals surface area contributed by atoms with E-state index in [2.05, 4.69) is 9.82 Å². The van der Waals surface area contributed by atoms with Crippen LogP contribution in [0.1, 0.15) is 10.4 Å². The number of nitrogens with zero attached hydrogens (tertiary/aromatic N) is 2. The second kappa shape index (κ2) is 6.20. The van der Waals surface area contributed by atoms with Crippen molar-refractivity contribution >= 4 is 33.4 Å². The van der Waals surface area contributed by atoms with Gasteiger partial charge in [0.25, 0.3) is 0 Å². The lowest BCUT2D eigenvalue weighted by molar-refractivity contribution is -0.131. The molecular formula is C12H13N3O4S2. The molecular weight excluding hydrogens is 314 g/mol. The number of carboxylic acids is 1. The summed E-state index contributed by atoms with van der Waals surface area (Å²) in [7, 11) is -1.95. The Morgan fingerprint density at radius 1 is 1.57 bits per heavy atom. The number of carboxylic acid groups (broad SMARTS) is 1. The second-order valence-electron chi connectivity index (χ2n) is 4.19. The molecule has 0 saturated heterocycles. The molecule has 0 unspecified atom stereocenters. The summed E-state index contributed by atoms with van der Waals surface area (Å²) >= 11 is 1.35. The van der Waals surface area contributed by atoms with Crippen molar-refractivity contribution in [2.45, 2.75) is 11.4 Å². The predicted octanol–water partition coefficient (Wildman–Crippen LogP) is 1.06. The minimum Gasteiger partial charge on any atom is -0.478 e. The van der Waals surface area contributed by atoms with Crippen LogP contribution >= 0.6 is 11.3 Å². The van der Waals surface area contributed by atoms with E-state index < -0.39 is 16.0 Å². The zero-order valence-electron chi connectivity index (χ0n) is 11.1. The Hall–Kier alpha value is -1.97. The molecule has 0 atom stereocenters. The lowest BCUT2D eigenvalue weighted by atomic mass is 10.3. The minimum atomic E-state index is -3.59. The average Bonchev–Trinajstić information content (AvgIpc) is 3.03. The van der Waals surface area contributed by atoms with Gasteiger partial charge in [-0.1, -0.05) is 0 Å². The molecule has 0 saturated carbocycles. The number of aliphatic carboxylic acids is 1. The van der Waals surface area contributed by atoms with Crippen molar-refractivity contribution in [1.82, 2.24) is 14.5 Å². The number of nitrogens with one attached hydrogen (secondary N) is 1. The van der Waals surface area contributed by atoms with E-state index in [9.17, 15) is 13.2 Å². The van der Waals surface area contributed by atoms with Crippen LogP contribution in [-0.4, -0.2) is 29.3 Å². The molecule has 112 valence electrons. The quantitative estimate of drug-likeness (QED) is 0.773. The van der Waals surface area contributed by atoms with Crippen molar-refractivity contribution in [3.63, 3.8) is 0 Å². The van der Waals surface area contributed by atoms with Crippen molar-refractivity contribution in [2.75, 3.05) is 0 Å². The van der Waals surface area contributed by atoms with E-state index in [0.717, 1.165) is 16.5 Å². The topological polar surface area (TPSA) is 101 Å². The van der Waals surface area contributed by atoms with E-state index in [1.54, 1.807) is 18.5 Å². The zero-order chi connectivity index (χ0) is 15.5. The normalized spacial score (nSPS) is 12.0. The number of hydrogen-bond acceptors (Lipinski definition) is 5. The summed E-state index contributed by atoms with van der Waals surface area (Å²) in [5, 5.41) is 14.1. The Balaban J connectivity index is 2.01. The van der Waals surface area contributed by atoms with Crippen molar-refractivity contribution in [3.05, 3.63) is 40.4 Å². The summed E-state index contributed by atoms with van der Waals surface area (Å²) in [5.74, 6) is -1.03. The molecule has 2 rings (SSSR count). The monoisotopic (exact) mass is 327 g/mol. The van der Waals surface area contributed by atoms with Gasteiger partial charge in [0.1, 0.15) is 4.90 Å². The van der Waals surface area contributed by atoms with Crippen LogP contribution < -0.4 is 4.72 Å². The maximum atomic E-state index is 12.0. The van der Waals surface area contributed by atoms with Gasteiger partial charge in [-0.15, -0.1) is 11.3 Å². The zero-order valence-corrected chi connectivity index (χ0v) is 12.7. The third-order valence-electron chi connectivity index (χ3n) is 2.52. The van der Waals surface area contributed by atoms with Crippen LogP contribution in [0.5, 0.6) is 0 Å². The van der Waals surface area contributed by atoms with Crippen molar-refractivity contribution in [2.24, 2.45) is 7.05 Å². The number of carbonyl (C=O) groups is 1. The largest absolute Gasteiger partial charge is 0.478 e. The van der Waals surface area contributed by atoms with Gasteiger partial charge in [-0.2, -0.15) is 5.10 Å². The molecule has 0 spiro atoms. The van der Waals surface area contributed by atoms with Crippen molar-refractivity contribution in [1.29, 1.82) is 0 Å². The smallest absolute Gasteiger partial charge is 0.328 e. The first-order valence-corrected chi connectivity index (χ1v) is 8.20. The van der Waals surface area contributed by atoms with Gasteiger partial charge >= 0.3 is 5.97 Å². The number of rotatable bonds is 6. The van der Waals surface area contributed by atoms with Crippen molar-refractivity contribution < 1.29 is 18.3 Å². The van der Waals surface area contributed by atoms with Crippen LogP contribution in [0.2, 0.25) is 0 Å². The van der Waals surface area contributed by atoms with Crippen LogP contribution in [0.15, 0.2) is 34.8 Å². The summed E-state index contributed by atoms with van der Waals surface area (Å²) < 4.78 is 27.9. The Kier molecular flexibility index (Phi) is 4.56. The molecule has 9 heteroatoms. The first kappa shape index (κ1) is 15.4. The summed E-state index contributed by atoms with van der Waals surface area (Å²) in [6.07, 6.45) is 5.18. The second-order valence-corrected chi connectivity index (χ2v) is 6.95. The highest BCUT2D eigenvalue weighted by molar-refractivity contribution is 7.89. The lowest BCUT2D eigenvalue weighted by Gasteiger charge is -2.02. The molecule has 0 bridgehead atoms. The van der Waals surface area contributed by atoms with Gasteiger partial charge in [0, 0.05) is 30.7 Å². The van der Waals surface area contributed by atoms with Crippen molar-refractivity contribution in [3.8, 4) is 0 Å². The molecule has 2 heterocycles. The molecule has 21 heavy (non-hydrogen) atoms. The van der Waals surface area contributed by atoms with Gasteiger partial charge in [-0.05, 0) is 23.1 Å². The molecule has 2 aromatic heterocycles. The Morgan fingerprint density at radius 3 is 2.95 bits per heavy atom. The van der Waals surface area contributed by atoms with Gasteiger partial charge in [0.15, 0.2) is 0 Å². The summed E-state index contributed by atoms with van der Waals surface area (Å²) in [6, 6.07) is 1.73. The van der Waals surface area contributed by atoms with Gasteiger partial charge in [0.2, 0.25) is 10.0 Å². The summed E-state index contributed by atoms with van der Waals surface area (Å²) in [5.41, 5.74) is 0.720. The fraction of sp³-hybridized carbons (Fsp3) is 0.167. The number of aromatic nitrogens is 2. The first-order chi connectivity index (χ1) is 9.87. The Labute approximate surface area is 125 Å². The molecule has 0 radical (unpaired) electrons. The van der Waals surface area contributed by atoms with E-state index >= 15 is 0 Å². The van der Waals surface area contributed by atoms with Crippen LogP contribution in [0.3, 0.4) is 0 Å². The summed E-state index contributed by atoms with van der Waals surface area (Å²) in [4.78, 5) is 11.3. The third-order valence-corrected chi connectivity index (χ3v) is 4.83. The molecule has 0 aliphatic carbocycles. The molecule has 2 N–H and O–H groups in total. The summed E-state index contributed by atoms with van der Waals surface area (Å²) in [6.45, 7) is 0.142. The first-order valence-electron chi connectivity index (χ1n) is 5.83. The standard InChI is InChI=1S/C12H13N3O4S2/c1-15-7-11(6-13-15)21(18,19)14-5-10-4-9(8-20-10)2-3-12(16)17/h2-4,6-8,14H,5H2,1H3,(H,16,17). The number of sulfonamides is 1. The molecule has 0 amide bonds. The highest BCUT2D eigenvalue weighted by Crippen LogP contribution is 2.17. The average molecular weight is 327 g/mol. The van der Waals surface area contributed by atoms with Crippen LogP contribution in [0.4, 0.5) is 0 Å². The molecule has 2 aromatic rings. The molecule has 0 aliphatic heterocycles. The minimum absolute atomic E-state index is 0.104. The van der Waals surface area contributed by atoms with Crippen LogP contribution in [0.25, 0.3) is 6.08 Å². The van der Waals surface area contributed by atoms with E-state index in [0.29, 0.717) is 0 Å².